The average Bonchev–Trinajstić information content (AvgIpc) is 3.30. The number of esters is 1. The number of nitro groups is 1. The van der Waals surface area contributed by atoms with Crippen molar-refractivity contribution in [2.24, 2.45) is 5.92 Å². The van der Waals surface area contributed by atoms with Gasteiger partial charge >= 0.3 is 5.97 Å². The van der Waals surface area contributed by atoms with E-state index in [0.29, 0.717) is 23.5 Å². The number of hydrogen-bond acceptors (Lipinski definition) is 9. The number of rotatable bonds is 10. The van der Waals surface area contributed by atoms with Crippen molar-refractivity contribution < 1.29 is 28.4 Å². The number of non-ortho nitro benzene ring substituents is 1. The molecule has 0 saturated heterocycles. The number of ether oxygens (including phenoxy) is 2. The molecule has 0 radical (unpaired) electrons. The maximum atomic E-state index is 12.8. The molecule has 0 saturated carbocycles. The summed E-state index contributed by atoms with van der Waals surface area (Å²) in [6.45, 7) is 5.47. The first-order chi connectivity index (χ1) is 16.3. The molecular formula is C23H24N4O7. The third-order valence-corrected chi connectivity index (χ3v) is 4.77. The zero-order chi connectivity index (χ0) is 24.7. The molecule has 0 fully saturated rings. The van der Waals surface area contributed by atoms with Crippen LogP contribution in [0.5, 0.6) is 5.75 Å². The Hall–Kier alpha value is -4.28. The van der Waals surface area contributed by atoms with Crippen molar-refractivity contribution in [3.05, 3.63) is 70.1 Å². The van der Waals surface area contributed by atoms with E-state index >= 15 is 0 Å². The van der Waals surface area contributed by atoms with E-state index in [0.717, 1.165) is 0 Å². The summed E-state index contributed by atoms with van der Waals surface area (Å²) < 4.78 is 16.3. The standard InChI is InChI=1S/C23H24N4O7/c1-4-32-18-8-6-5-7-17(18)21(28)24-20(14(2)3)23(29)33-13-19-25-26-22(34-19)15-9-11-16(12-10-15)27(30)31/h5-12,14,20H,4,13H2,1-3H3,(H,24,28)/t20-/m1/s1. The largest absolute Gasteiger partial charge is 0.493 e. The number of carbonyl (C=O) groups is 2. The van der Waals surface area contributed by atoms with Crippen LogP contribution in [-0.2, 0) is 16.1 Å². The molecule has 0 aliphatic heterocycles. The van der Waals surface area contributed by atoms with Gasteiger partial charge in [-0.25, -0.2) is 4.79 Å². The Labute approximate surface area is 195 Å². The predicted octanol–water partition coefficient (Wildman–Crippen LogP) is 3.54. The first-order valence-corrected chi connectivity index (χ1v) is 10.6. The molecule has 0 spiro atoms. The number of para-hydroxylation sites is 1. The maximum Gasteiger partial charge on any atom is 0.329 e. The summed E-state index contributed by atoms with van der Waals surface area (Å²) in [6, 6.07) is 11.4. The second-order valence-corrected chi connectivity index (χ2v) is 7.54. The van der Waals surface area contributed by atoms with Crippen molar-refractivity contribution in [3.8, 4) is 17.2 Å². The third kappa shape index (κ3) is 5.94. The van der Waals surface area contributed by atoms with Gasteiger partial charge in [0.25, 0.3) is 17.5 Å². The van der Waals surface area contributed by atoms with Gasteiger partial charge in [0.2, 0.25) is 5.89 Å². The van der Waals surface area contributed by atoms with Gasteiger partial charge in [0, 0.05) is 17.7 Å². The lowest BCUT2D eigenvalue weighted by molar-refractivity contribution is -0.384. The normalized spacial score (nSPS) is 11.6. The van der Waals surface area contributed by atoms with E-state index in [9.17, 15) is 19.7 Å². The molecule has 11 heteroatoms. The van der Waals surface area contributed by atoms with Crippen molar-refractivity contribution in [3.63, 3.8) is 0 Å². The van der Waals surface area contributed by atoms with E-state index in [2.05, 4.69) is 15.5 Å². The van der Waals surface area contributed by atoms with Gasteiger partial charge in [-0.15, -0.1) is 10.2 Å². The quantitative estimate of drug-likeness (QED) is 0.268. The minimum atomic E-state index is -0.917. The molecule has 3 aromatic rings. The van der Waals surface area contributed by atoms with Crippen LogP contribution in [0.2, 0.25) is 0 Å². The molecule has 0 unspecified atom stereocenters. The van der Waals surface area contributed by atoms with Gasteiger partial charge in [-0.05, 0) is 37.1 Å². The molecule has 1 amide bonds. The van der Waals surface area contributed by atoms with Crippen LogP contribution in [0.25, 0.3) is 11.5 Å². The molecule has 11 nitrogen and oxygen atoms in total. The number of amides is 1. The minimum absolute atomic E-state index is 0.0391. The molecule has 1 N–H and O–H groups in total. The van der Waals surface area contributed by atoms with E-state index < -0.39 is 22.8 Å². The van der Waals surface area contributed by atoms with Crippen LogP contribution in [0, 0.1) is 16.0 Å². The van der Waals surface area contributed by atoms with E-state index in [1.807, 2.05) is 6.92 Å². The summed E-state index contributed by atoms with van der Waals surface area (Å²) in [7, 11) is 0. The average molecular weight is 468 g/mol. The fourth-order valence-corrected chi connectivity index (χ4v) is 3.03. The van der Waals surface area contributed by atoms with E-state index in [-0.39, 0.29) is 30.0 Å². The Morgan fingerprint density at radius 2 is 1.82 bits per heavy atom. The van der Waals surface area contributed by atoms with Crippen LogP contribution < -0.4 is 10.1 Å². The fraction of sp³-hybridized carbons (Fsp3) is 0.304. The Balaban J connectivity index is 1.63. The van der Waals surface area contributed by atoms with E-state index in [1.165, 1.54) is 24.3 Å². The van der Waals surface area contributed by atoms with Gasteiger partial charge in [0.1, 0.15) is 11.8 Å². The number of carbonyl (C=O) groups excluding carboxylic acids is 2. The summed E-state index contributed by atoms with van der Waals surface area (Å²) in [4.78, 5) is 35.7. The number of nitro benzene ring substituents is 1. The highest BCUT2D eigenvalue weighted by atomic mass is 16.6. The number of benzene rings is 2. The predicted molar refractivity (Wildman–Crippen MR) is 120 cm³/mol. The Bertz CT molecular complexity index is 1160. The zero-order valence-corrected chi connectivity index (χ0v) is 18.9. The lowest BCUT2D eigenvalue weighted by Gasteiger charge is -2.21. The molecule has 2 aromatic carbocycles. The van der Waals surface area contributed by atoms with Crippen LogP contribution in [0.15, 0.2) is 52.9 Å². The molecule has 0 bridgehead atoms. The molecule has 1 aromatic heterocycles. The van der Waals surface area contributed by atoms with Gasteiger partial charge in [-0.3, -0.25) is 14.9 Å². The summed E-state index contributed by atoms with van der Waals surface area (Å²) in [5.74, 6) is -0.790. The van der Waals surface area contributed by atoms with Crippen molar-refractivity contribution in [2.45, 2.75) is 33.4 Å². The van der Waals surface area contributed by atoms with Crippen LogP contribution >= 0.6 is 0 Å². The lowest BCUT2D eigenvalue weighted by Crippen LogP contribution is -2.45. The zero-order valence-electron chi connectivity index (χ0n) is 18.9. The summed E-state index contributed by atoms with van der Waals surface area (Å²) in [5.41, 5.74) is 0.728. The highest BCUT2D eigenvalue weighted by Crippen LogP contribution is 2.22. The molecular weight excluding hydrogens is 444 g/mol. The van der Waals surface area contributed by atoms with Gasteiger partial charge in [0.15, 0.2) is 6.61 Å². The van der Waals surface area contributed by atoms with Gasteiger partial charge in [-0.1, -0.05) is 26.0 Å². The van der Waals surface area contributed by atoms with Crippen molar-refractivity contribution >= 4 is 17.6 Å². The van der Waals surface area contributed by atoms with Crippen LogP contribution in [0.3, 0.4) is 0 Å². The highest BCUT2D eigenvalue weighted by Gasteiger charge is 2.28. The number of aromatic nitrogens is 2. The maximum absolute atomic E-state index is 12.8. The second-order valence-electron chi connectivity index (χ2n) is 7.54. The first kappa shape index (κ1) is 24.4. The molecule has 3 rings (SSSR count). The molecule has 178 valence electrons. The summed E-state index contributed by atoms with van der Waals surface area (Å²) in [5, 5.41) is 21.2. The minimum Gasteiger partial charge on any atom is -0.493 e. The molecule has 1 heterocycles. The molecule has 1 atom stereocenters. The van der Waals surface area contributed by atoms with Crippen molar-refractivity contribution in [1.29, 1.82) is 0 Å². The molecule has 0 aliphatic rings. The summed E-state index contributed by atoms with van der Waals surface area (Å²) in [6.07, 6.45) is 0. The summed E-state index contributed by atoms with van der Waals surface area (Å²) >= 11 is 0. The van der Waals surface area contributed by atoms with E-state index in [4.69, 9.17) is 13.9 Å². The molecule has 34 heavy (non-hydrogen) atoms. The Morgan fingerprint density at radius 3 is 2.47 bits per heavy atom. The fourth-order valence-electron chi connectivity index (χ4n) is 3.03. The monoisotopic (exact) mass is 468 g/mol. The second kappa shape index (κ2) is 11.0. The SMILES string of the molecule is CCOc1ccccc1C(=O)N[C@@H](C(=O)OCc1nnc(-c2ccc([N+](=O)[O-])cc2)o1)C(C)C. The van der Waals surface area contributed by atoms with Gasteiger partial charge < -0.3 is 19.2 Å². The lowest BCUT2D eigenvalue weighted by atomic mass is 10.0. The molecule has 0 aliphatic carbocycles. The third-order valence-electron chi connectivity index (χ3n) is 4.77. The Morgan fingerprint density at radius 1 is 1.12 bits per heavy atom. The number of nitrogens with zero attached hydrogens (tertiary/aromatic N) is 3. The van der Waals surface area contributed by atoms with Gasteiger partial charge in [-0.2, -0.15) is 0 Å². The van der Waals surface area contributed by atoms with E-state index in [1.54, 1.807) is 38.1 Å². The number of nitrogens with one attached hydrogen (secondary N) is 1. The van der Waals surface area contributed by atoms with Crippen LogP contribution in [0.1, 0.15) is 37.0 Å². The van der Waals surface area contributed by atoms with Gasteiger partial charge in [0.05, 0.1) is 17.1 Å². The smallest absolute Gasteiger partial charge is 0.329 e. The highest BCUT2D eigenvalue weighted by molar-refractivity contribution is 5.99. The number of hydrogen-bond donors (Lipinski definition) is 1. The first-order valence-electron chi connectivity index (χ1n) is 10.6. The topological polar surface area (TPSA) is 147 Å². The van der Waals surface area contributed by atoms with Crippen molar-refractivity contribution in [1.82, 2.24) is 15.5 Å². The van der Waals surface area contributed by atoms with Crippen LogP contribution in [0.4, 0.5) is 5.69 Å². The Kier molecular flexibility index (Phi) is 7.91. The van der Waals surface area contributed by atoms with Crippen LogP contribution in [-0.4, -0.2) is 39.6 Å². The van der Waals surface area contributed by atoms with Crippen molar-refractivity contribution in [2.75, 3.05) is 6.61 Å².